The number of hydrogen-bond donors (Lipinski definition) is 19. The van der Waals surface area contributed by atoms with Crippen LogP contribution < -0.4 is 69.5 Å². The fraction of sp³-hybridized carbons (Fsp3) is 0.514. The van der Waals surface area contributed by atoms with Crippen LogP contribution in [0.25, 0.3) is 21.8 Å². The molecule has 12 amide bonds. The molecule has 13 atom stereocenters. The molecule has 20 N–H and O–H groups in total. The highest BCUT2D eigenvalue weighted by Gasteiger charge is 2.38. The quantitative estimate of drug-likeness (QED) is 0.0356. The minimum atomic E-state index is -1.71. The van der Waals surface area contributed by atoms with Gasteiger partial charge in [0.25, 0.3) is 0 Å². The Morgan fingerprint density at radius 2 is 1.08 bits per heavy atom. The molecule has 6 rings (SSSR count). The Kier molecular flexibility index (Phi) is 32.7. The summed E-state index contributed by atoms with van der Waals surface area (Å²) in [6, 6.07) is -4.71. The predicted molar refractivity (Wildman–Crippen MR) is 394 cm³/mol. The highest BCUT2D eigenvalue weighted by atomic mass is 33.1. The van der Waals surface area contributed by atoms with Crippen molar-refractivity contribution in [3.05, 3.63) is 90.3 Å². The van der Waals surface area contributed by atoms with E-state index in [1.807, 2.05) is 0 Å². The molecule has 0 unspecified atom stereocenters. The standard InChI is InChI=1S/C70H97N17O18S2/c1-33(2)20-48-62(97)75-29-55(90)78-47(18-19-56(91)92)63(98)81-49(21-34(3)4)67(102)86-58(35(5)6)70(105)83-51(23-40-27-74-46-17-13-11-15-43(40)46)65(100)85-54(69(104)87-59(37(8)88)38(9)89)31-107-106-30-53(84-61(96)44(71)25-57(93)94)68(103)77-36(7)60(95)79-50(22-39-26-73-45-16-12-10-14-42(39)45)64(99)82-52(66(101)80-48)24-41-28-72-32-76-41/h10-17,26-28,32-37,44,47-54,58-59,73-74,88H,18-25,29-31,71H2,1-9H3,(H,72,76)(H,75,97)(H,77,103)(H,78,90)(H,79,95)(H,80,101)(H,81,98)(H,82,99)(H,83,105)(H,84,96)(H,85,100)(H,86,102)(H,87,104)(H,91,92)(H,93,94)/t36-,37+,44-,47-,48-,49-,50-,51-,52-,53-,54-,58-,59-/m0/s1. The number of H-pyrrole nitrogens is 3. The second-order valence-electron chi connectivity index (χ2n) is 27.4. The van der Waals surface area contributed by atoms with E-state index in [4.69, 9.17) is 5.73 Å². The van der Waals surface area contributed by atoms with Crippen molar-refractivity contribution in [3.8, 4) is 0 Å². The molecule has 4 heterocycles. The average Bonchev–Trinajstić information content (AvgIpc) is 1.71. The monoisotopic (exact) mass is 1530 g/mol. The van der Waals surface area contributed by atoms with Crippen LogP contribution in [0.3, 0.4) is 0 Å². The van der Waals surface area contributed by atoms with Gasteiger partial charge in [0.2, 0.25) is 70.9 Å². The highest BCUT2D eigenvalue weighted by Crippen LogP contribution is 2.26. The Hall–Kier alpha value is -10.4. The molecule has 35 nitrogen and oxygen atoms in total. The zero-order chi connectivity index (χ0) is 78.9. The number of carbonyl (C=O) groups excluding carboxylic acids is 13. The van der Waals surface area contributed by atoms with Gasteiger partial charge in [-0.1, -0.05) is 99.5 Å². The first-order valence-corrected chi connectivity index (χ1v) is 37.4. The van der Waals surface area contributed by atoms with Crippen LogP contribution in [-0.4, -0.2) is 221 Å². The Morgan fingerprint density at radius 3 is 1.61 bits per heavy atom. The largest absolute Gasteiger partial charge is 0.481 e. The van der Waals surface area contributed by atoms with Crippen LogP contribution in [0.15, 0.2) is 73.4 Å². The first-order valence-electron chi connectivity index (χ1n) is 34.9. The van der Waals surface area contributed by atoms with Crippen molar-refractivity contribution < 1.29 is 87.2 Å². The average molecular weight is 1530 g/mol. The fourth-order valence-electron chi connectivity index (χ4n) is 11.6. The summed E-state index contributed by atoms with van der Waals surface area (Å²) < 4.78 is 0. The number of carboxylic acid groups (broad SMARTS) is 2. The lowest BCUT2D eigenvalue weighted by atomic mass is 9.98. The molecule has 37 heteroatoms. The van der Waals surface area contributed by atoms with E-state index in [9.17, 15) is 82.4 Å². The number of Topliss-reactive ketones (excluding diaryl/α,β-unsaturated/α-hetero) is 1. The molecular weight excluding hydrogens is 1430 g/mol. The number of nitrogens with zero attached hydrogens (tertiary/aromatic N) is 1. The number of aliphatic hydroxyl groups excluding tert-OH is 1. The summed E-state index contributed by atoms with van der Waals surface area (Å²) in [5, 5.41) is 62.1. The molecule has 3 aromatic heterocycles. The van der Waals surface area contributed by atoms with Crippen molar-refractivity contribution in [1.29, 1.82) is 0 Å². The van der Waals surface area contributed by atoms with Crippen LogP contribution in [0.5, 0.6) is 0 Å². The SMILES string of the molecule is CC(=O)[C@@H](NC(=O)[C@@H]1CSSC[C@H](NC(=O)[C@@H](N)CC(=O)O)C(=O)N[C@@H](C)C(=O)N[C@@H](Cc2c[nH]c3ccccc23)C(=O)N[C@@H](Cc2cnc[nH]2)C(=O)N[C@@H](CC(C)C)C(=O)NCC(=O)N[C@@H](CCC(=O)O)C(=O)N[C@@H](CC(C)C)C(=O)N[C@@H](C(C)C)C(=O)N[C@@H](Cc2c[nH]c3ccccc23)C(=O)N1)[C@@H](C)O. The van der Waals surface area contributed by atoms with Gasteiger partial charge in [-0.25, -0.2) is 4.98 Å². The van der Waals surface area contributed by atoms with Gasteiger partial charge in [0, 0.05) is 83.3 Å². The summed E-state index contributed by atoms with van der Waals surface area (Å²) in [7, 11) is 1.66. The third-order valence-corrected chi connectivity index (χ3v) is 19.7. The summed E-state index contributed by atoms with van der Waals surface area (Å²) in [6.45, 7) is 12.8. The molecule has 582 valence electrons. The van der Waals surface area contributed by atoms with Crippen LogP contribution in [0, 0.1) is 17.8 Å². The van der Waals surface area contributed by atoms with Gasteiger partial charge in [0.1, 0.15) is 66.5 Å². The topological polar surface area (TPSA) is 547 Å². The highest BCUT2D eigenvalue weighted by molar-refractivity contribution is 8.76. The second kappa shape index (κ2) is 40.9. The lowest BCUT2D eigenvalue weighted by molar-refractivity contribution is -0.140. The van der Waals surface area contributed by atoms with Gasteiger partial charge in [-0.2, -0.15) is 0 Å². The fourth-order valence-corrected chi connectivity index (χ4v) is 13.9. The lowest BCUT2D eigenvalue weighted by Crippen LogP contribution is -2.61. The number of benzene rings is 2. The molecule has 1 saturated heterocycles. The van der Waals surface area contributed by atoms with Crippen molar-refractivity contribution >= 4 is 132 Å². The predicted octanol–water partition coefficient (Wildman–Crippen LogP) is -1.35. The van der Waals surface area contributed by atoms with E-state index in [2.05, 4.69) is 83.7 Å². The summed E-state index contributed by atoms with van der Waals surface area (Å²) in [5.74, 6) is -17.5. The van der Waals surface area contributed by atoms with Crippen molar-refractivity contribution in [2.75, 3.05) is 18.1 Å². The van der Waals surface area contributed by atoms with E-state index in [-0.39, 0.29) is 43.9 Å². The van der Waals surface area contributed by atoms with E-state index in [0.717, 1.165) is 28.5 Å². The molecule has 2 aromatic carbocycles. The Balaban J connectivity index is 1.44. The lowest BCUT2D eigenvalue weighted by Gasteiger charge is -2.29. The normalized spacial score (nSPS) is 23.2. The number of aliphatic hydroxyl groups is 1. The number of rotatable bonds is 22. The molecule has 0 spiro atoms. The van der Waals surface area contributed by atoms with Gasteiger partial charge < -0.3 is 99.8 Å². The van der Waals surface area contributed by atoms with E-state index < -0.39 is 210 Å². The van der Waals surface area contributed by atoms with Crippen LogP contribution in [0.1, 0.15) is 111 Å². The number of nitrogens with one attached hydrogen (secondary N) is 15. The number of fused-ring (bicyclic) bond motifs is 2. The minimum absolute atomic E-state index is 0.0402. The molecule has 0 radical (unpaired) electrons. The molecule has 1 aliphatic rings. The van der Waals surface area contributed by atoms with E-state index in [1.165, 1.54) is 26.4 Å². The Bertz CT molecular complexity index is 3990. The van der Waals surface area contributed by atoms with Crippen LogP contribution in [0.2, 0.25) is 0 Å². The van der Waals surface area contributed by atoms with Crippen molar-refractivity contribution in [3.63, 3.8) is 0 Å². The third-order valence-electron chi connectivity index (χ3n) is 17.2. The number of nitrogens with two attached hydrogens (primary N) is 1. The number of aliphatic carboxylic acids is 2. The van der Waals surface area contributed by atoms with Crippen LogP contribution in [0.4, 0.5) is 0 Å². The van der Waals surface area contributed by atoms with Gasteiger partial charge in [0.15, 0.2) is 5.78 Å². The van der Waals surface area contributed by atoms with Gasteiger partial charge >= 0.3 is 11.9 Å². The van der Waals surface area contributed by atoms with Crippen LogP contribution >= 0.6 is 21.6 Å². The number of para-hydroxylation sites is 2. The maximum absolute atomic E-state index is 15.1. The van der Waals surface area contributed by atoms with Gasteiger partial charge in [0.05, 0.1) is 31.4 Å². The molecule has 5 aromatic rings. The maximum atomic E-state index is 15.1. The van der Waals surface area contributed by atoms with Crippen molar-refractivity contribution in [2.45, 2.75) is 192 Å². The number of carbonyl (C=O) groups is 15. The molecule has 0 bridgehead atoms. The Labute approximate surface area is 624 Å². The van der Waals surface area contributed by atoms with Gasteiger partial charge in [-0.3, -0.25) is 71.9 Å². The second-order valence-corrected chi connectivity index (χ2v) is 30.0. The van der Waals surface area contributed by atoms with E-state index >= 15 is 4.79 Å². The maximum Gasteiger partial charge on any atom is 0.305 e. The van der Waals surface area contributed by atoms with Gasteiger partial charge in [-0.05, 0) is 81.0 Å². The number of aromatic amines is 3. The molecule has 107 heavy (non-hydrogen) atoms. The third kappa shape index (κ3) is 26.6. The first-order chi connectivity index (χ1) is 50.6. The number of carboxylic acids is 2. The molecule has 0 saturated carbocycles. The minimum Gasteiger partial charge on any atom is -0.481 e. The number of imidazole rings is 1. The smallest absolute Gasteiger partial charge is 0.305 e. The number of amides is 12. The first kappa shape index (κ1) is 85.5. The number of ketones is 1. The molecule has 1 aliphatic heterocycles. The summed E-state index contributed by atoms with van der Waals surface area (Å²) >= 11 is 0. The number of hydrogen-bond acceptors (Lipinski definition) is 20. The van der Waals surface area contributed by atoms with Crippen molar-refractivity contribution in [2.24, 2.45) is 23.5 Å². The Morgan fingerprint density at radius 1 is 0.579 bits per heavy atom. The molecule has 0 aliphatic carbocycles. The summed E-state index contributed by atoms with van der Waals surface area (Å²) in [4.78, 5) is 223. The van der Waals surface area contributed by atoms with Gasteiger partial charge in [-0.15, -0.1) is 0 Å². The summed E-state index contributed by atoms with van der Waals surface area (Å²) in [5.41, 5.74) is 8.59. The van der Waals surface area contributed by atoms with Crippen LogP contribution in [-0.2, 0) is 91.2 Å². The van der Waals surface area contributed by atoms with E-state index in [1.54, 1.807) is 102 Å². The van der Waals surface area contributed by atoms with Crippen molar-refractivity contribution in [1.82, 2.24) is 83.7 Å². The van der Waals surface area contributed by atoms with E-state index in [0.29, 0.717) is 38.6 Å². The zero-order valence-electron chi connectivity index (χ0n) is 60.8. The zero-order valence-corrected chi connectivity index (χ0v) is 62.4. The number of aromatic nitrogens is 4. The summed E-state index contributed by atoms with van der Waals surface area (Å²) in [6.07, 6.45) is 1.46. The molecular formula is C70H97N17O18S2. The molecule has 1 fully saturated rings.